The molecule has 26 heavy (non-hydrogen) atoms. The van der Waals surface area contributed by atoms with Gasteiger partial charge in [-0.05, 0) is 50.6 Å². The lowest BCUT2D eigenvalue weighted by atomic mass is 9.97. The number of aromatic nitrogens is 2. The van der Waals surface area contributed by atoms with Gasteiger partial charge in [0.1, 0.15) is 11.4 Å². The number of aryl methyl sites for hydroxylation is 2. The molecule has 1 saturated heterocycles. The summed E-state index contributed by atoms with van der Waals surface area (Å²) in [6.07, 6.45) is 7.81. The summed E-state index contributed by atoms with van der Waals surface area (Å²) in [6.45, 7) is 5.33. The summed E-state index contributed by atoms with van der Waals surface area (Å²) in [4.78, 5) is 34.3. The van der Waals surface area contributed by atoms with E-state index in [1.54, 1.807) is 11.3 Å². The van der Waals surface area contributed by atoms with E-state index in [4.69, 9.17) is 0 Å². The maximum atomic E-state index is 12.9. The van der Waals surface area contributed by atoms with Crippen LogP contribution < -0.4 is 10.9 Å². The van der Waals surface area contributed by atoms with E-state index in [-0.39, 0.29) is 24.1 Å². The Balaban J connectivity index is 1.48. The lowest BCUT2D eigenvalue weighted by Crippen LogP contribution is -2.46. The van der Waals surface area contributed by atoms with Crippen molar-refractivity contribution in [1.82, 2.24) is 19.8 Å². The van der Waals surface area contributed by atoms with E-state index in [0.29, 0.717) is 0 Å². The Hall–Kier alpha value is -1.73. The second kappa shape index (κ2) is 7.48. The van der Waals surface area contributed by atoms with Crippen molar-refractivity contribution in [1.29, 1.82) is 0 Å². The van der Waals surface area contributed by atoms with Gasteiger partial charge >= 0.3 is 0 Å². The van der Waals surface area contributed by atoms with E-state index in [0.717, 1.165) is 62.0 Å². The molecule has 3 heterocycles. The average molecular weight is 375 g/mol. The van der Waals surface area contributed by atoms with Crippen LogP contribution in [0.3, 0.4) is 0 Å². The summed E-state index contributed by atoms with van der Waals surface area (Å²) in [5.41, 5.74) is 1.11. The Bertz CT molecular complexity index is 864. The largest absolute Gasteiger partial charge is 0.352 e. The second-order valence-corrected chi connectivity index (χ2v) is 8.43. The SMILES string of the molecule is CCN1CCC(NC(=O)Cn2cnc3sc4c(c3c2=O)CCCC4)CC1. The Labute approximate surface area is 157 Å². The molecule has 0 atom stereocenters. The molecule has 0 bridgehead atoms. The maximum absolute atomic E-state index is 12.9. The molecule has 0 aromatic carbocycles. The van der Waals surface area contributed by atoms with Crippen molar-refractivity contribution in [3.8, 4) is 0 Å². The van der Waals surface area contributed by atoms with Gasteiger partial charge in [-0.1, -0.05) is 6.92 Å². The number of piperidine rings is 1. The third-order valence-electron chi connectivity index (χ3n) is 5.66. The van der Waals surface area contributed by atoms with Gasteiger partial charge in [-0.25, -0.2) is 4.98 Å². The minimum absolute atomic E-state index is 0.0559. The number of likely N-dealkylation sites (tertiary alicyclic amines) is 1. The van der Waals surface area contributed by atoms with Crippen LogP contribution >= 0.6 is 11.3 Å². The van der Waals surface area contributed by atoms with Gasteiger partial charge in [0.05, 0.1) is 11.7 Å². The molecule has 6 nitrogen and oxygen atoms in total. The van der Waals surface area contributed by atoms with Gasteiger partial charge in [0.15, 0.2) is 0 Å². The molecule has 0 spiro atoms. The minimum atomic E-state index is -0.0905. The lowest BCUT2D eigenvalue weighted by molar-refractivity contribution is -0.122. The summed E-state index contributed by atoms with van der Waals surface area (Å²) in [7, 11) is 0. The highest BCUT2D eigenvalue weighted by Gasteiger charge is 2.22. The van der Waals surface area contributed by atoms with Gasteiger partial charge < -0.3 is 10.2 Å². The lowest BCUT2D eigenvalue weighted by Gasteiger charge is -2.31. The Morgan fingerprint density at radius 1 is 1.31 bits per heavy atom. The van der Waals surface area contributed by atoms with Gasteiger partial charge in [-0.3, -0.25) is 14.2 Å². The number of carbonyl (C=O) groups excluding carboxylic acids is 1. The molecule has 0 radical (unpaired) electrons. The van der Waals surface area contributed by atoms with Crippen molar-refractivity contribution in [3.05, 3.63) is 27.1 Å². The molecule has 0 unspecified atom stereocenters. The van der Waals surface area contributed by atoms with Gasteiger partial charge in [-0.2, -0.15) is 0 Å². The van der Waals surface area contributed by atoms with E-state index < -0.39 is 0 Å². The third-order valence-corrected chi connectivity index (χ3v) is 6.86. The summed E-state index contributed by atoms with van der Waals surface area (Å²) >= 11 is 1.64. The summed E-state index contributed by atoms with van der Waals surface area (Å²) in [5.74, 6) is -0.0905. The fourth-order valence-corrected chi connectivity index (χ4v) is 5.33. The zero-order valence-corrected chi connectivity index (χ0v) is 16.1. The van der Waals surface area contributed by atoms with Crippen molar-refractivity contribution in [2.75, 3.05) is 19.6 Å². The zero-order chi connectivity index (χ0) is 18.1. The molecule has 1 amide bonds. The monoisotopic (exact) mass is 374 g/mol. The first-order valence-corrected chi connectivity index (χ1v) is 10.5. The molecule has 1 aliphatic heterocycles. The Kier molecular flexibility index (Phi) is 5.09. The van der Waals surface area contributed by atoms with Gasteiger partial charge in [0.25, 0.3) is 5.56 Å². The molecular weight excluding hydrogens is 348 g/mol. The minimum Gasteiger partial charge on any atom is -0.352 e. The van der Waals surface area contributed by atoms with Crippen LogP contribution in [0.5, 0.6) is 0 Å². The van der Waals surface area contributed by atoms with Crippen LogP contribution in [0.4, 0.5) is 0 Å². The number of nitrogens with zero attached hydrogens (tertiary/aromatic N) is 3. The van der Waals surface area contributed by atoms with Crippen LogP contribution in [0, 0.1) is 0 Å². The van der Waals surface area contributed by atoms with Crippen molar-refractivity contribution in [2.24, 2.45) is 0 Å². The summed E-state index contributed by atoms with van der Waals surface area (Å²) in [5, 5.41) is 3.84. The number of fused-ring (bicyclic) bond motifs is 3. The quantitative estimate of drug-likeness (QED) is 0.888. The zero-order valence-electron chi connectivity index (χ0n) is 15.3. The van der Waals surface area contributed by atoms with Gasteiger partial charge in [0.2, 0.25) is 5.91 Å². The molecular formula is C19H26N4O2S. The number of amides is 1. The van der Waals surface area contributed by atoms with Crippen LogP contribution in [-0.4, -0.2) is 46.0 Å². The first kappa shape index (κ1) is 17.7. The normalized spacial score (nSPS) is 18.8. The van der Waals surface area contributed by atoms with Gasteiger partial charge in [0, 0.05) is 24.0 Å². The molecule has 1 N–H and O–H groups in total. The van der Waals surface area contributed by atoms with Crippen LogP contribution in [0.15, 0.2) is 11.1 Å². The predicted molar refractivity (Wildman–Crippen MR) is 104 cm³/mol. The standard InChI is InChI=1S/C19H26N4O2S/c1-2-22-9-7-13(8-10-22)21-16(24)11-23-12-20-18-17(19(23)25)14-5-3-4-6-15(14)26-18/h12-13H,2-11H2,1H3,(H,21,24). The van der Waals surface area contributed by atoms with Crippen molar-refractivity contribution in [3.63, 3.8) is 0 Å². The highest BCUT2D eigenvalue weighted by molar-refractivity contribution is 7.18. The fraction of sp³-hybridized carbons (Fsp3) is 0.632. The summed E-state index contributed by atoms with van der Waals surface area (Å²) in [6, 6.07) is 0.214. The number of hydrogen-bond donors (Lipinski definition) is 1. The molecule has 1 fully saturated rings. The molecule has 2 aromatic heterocycles. The van der Waals surface area contributed by atoms with E-state index in [1.807, 2.05) is 0 Å². The molecule has 140 valence electrons. The molecule has 4 rings (SSSR count). The van der Waals surface area contributed by atoms with Gasteiger partial charge in [-0.15, -0.1) is 11.3 Å². The summed E-state index contributed by atoms with van der Waals surface area (Å²) < 4.78 is 1.47. The first-order chi connectivity index (χ1) is 12.7. The number of nitrogens with one attached hydrogen (secondary N) is 1. The van der Waals surface area contributed by atoms with E-state index in [1.165, 1.54) is 27.8 Å². The topological polar surface area (TPSA) is 67.2 Å². The van der Waals surface area contributed by atoms with Crippen LogP contribution in [0.2, 0.25) is 0 Å². The second-order valence-electron chi connectivity index (χ2n) is 7.34. The van der Waals surface area contributed by atoms with E-state index in [9.17, 15) is 9.59 Å². The van der Waals surface area contributed by atoms with Crippen LogP contribution in [0.1, 0.15) is 43.0 Å². The molecule has 7 heteroatoms. The Morgan fingerprint density at radius 2 is 2.08 bits per heavy atom. The van der Waals surface area contributed by atoms with Crippen LogP contribution in [-0.2, 0) is 24.2 Å². The molecule has 1 aliphatic carbocycles. The predicted octanol–water partition coefficient (Wildman–Crippen LogP) is 1.94. The van der Waals surface area contributed by atoms with Crippen molar-refractivity contribution in [2.45, 2.75) is 58.0 Å². The number of hydrogen-bond acceptors (Lipinski definition) is 5. The highest BCUT2D eigenvalue weighted by atomic mass is 32.1. The van der Waals surface area contributed by atoms with Crippen LogP contribution in [0.25, 0.3) is 10.2 Å². The first-order valence-electron chi connectivity index (χ1n) is 9.67. The fourth-order valence-electron chi connectivity index (χ4n) is 4.12. The number of rotatable bonds is 4. The number of carbonyl (C=O) groups is 1. The molecule has 2 aromatic rings. The molecule has 0 saturated carbocycles. The smallest absolute Gasteiger partial charge is 0.262 e. The Morgan fingerprint density at radius 3 is 2.85 bits per heavy atom. The van der Waals surface area contributed by atoms with Crippen molar-refractivity contribution < 1.29 is 4.79 Å². The highest BCUT2D eigenvalue weighted by Crippen LogP contribution is 2.33. The van der Waals surface area contributed by atoms with Crippen molar-refractivity contribution >= 4 is 27.5 Å². The molecule has 2 aliphatic rings. The number of thiophene rings is 1. The van der Waals surface area contributed by atoms with E-state index >= 15 is 0 Å². The van der Waals surface area contributed by atoms with E-state index in [2.05, 4.69) is 22.1 Å². The maximum Gasteiger partial charge on any atom is 0.262 e. The third kappa shape index (κ3) is 3.42. The average Bonchev–Trinajstić information content (AvgIpc) is 3.04.